The molecule has 0 aliphatic heterocycles. The molecular formula is C26H28N2O4S. The monoisotopic (exact) mass is 464 g/mol. The summed E-state index contributed by atoms with van der Waals surface area (Å²) in [4.78, 5) is 26.3. The van der Waals surface area contributed by atoms with Crippen molar-refractivity contribution in [2.75, 3.05) is 29.6 Å². The second kappa shape index (κ2) is 12.0. The molecule has 0 unspecified atom stereocenters. The molecular weight excluding hydrogens is 436 g/mol. The number of hydrogen-bond donors (Lipinski definition) is 2. The SMILES string of the molecule is CCOc1cc(NC(=O)c2ccccc2)c(OCC)cc1NC(=O)CSc1ccc(C)cc1. The molecule has 3 aromatic rings. The lowest BCUT2D eigenvalue weighted by molar-refractivity contribution is -0.113. The summed E-state index contributed by atoms with van der Waals surface area (Å²) >= 11 is 1.46. The summed E-state index contributed by atoms with van der Waals surface area (Å²) in [5.41, 5.74) is 2.67. The van der Waals surface area contributed by atoms with Gasteiger partial charge in [-0.1, -0.05) is 35.9 Å². The third-order valence-electron chi connectivity index (χ3n) is 4.63. The summed E-state index contributed by atoms with van der Waals surface area (Å²) in [5.74, 6) is 0.741. The lowest BCUT2D eigenvalue weighted by Crippen LogP contribution is -2.16. The number of carbonyl (C=O) groups excluding carboxylic acids is 2. The van der Waals surface area contributed by atoms with Crippen molar-refractivity contribution in [3.63, 3.8) is 0 Å². The normalized spacial score (nSPS) is 10.4. The van der Waals surface area contributed by atoms with E-state index >= 15 is 0 Å². The molecule has 0 aromatic heterocycles. The van der Waals surface area contributed by atoms with E-state index in [1.54, 1.807) is 36.4 Å². The highest BCUT2D eigenvalue weighted by atomic mass is 32.2. The number of aryl methyl sites for hydroxylation is 1. The summed E-state index contributed by atoms with van der Waals surface area (Å²) < 4.78 is 11.5. The van der Waals surface area contributed by atoms with Gasteiger partial charge in [0.2, 0.25) is 5.91 Å². The first-order valence-corrected chi connectivity index (χ1v) is 11.8. The van der Waals surface area contributed by atoms with Crippen LogP contribution in [0.3, 0.4) is 0 Å². The maximum Gasteiger partial charge on any atom is 0.255 e. The molecule has 2 N–H and O–H groups in total. The van der Waals surface area contributed by atoms with Crippen LogP contribution in [0.2, 0.25) is 0 Å². The van der Waals surface area contributed by atoms with E-state index in [1.165, 1.54) is 17.3 Å². The van der Waals surface area contributed by atoms with Gasteiger partial charge in [-0.3, -0.25) is 9.59 Å². The highest BCUT2D eigenvalue weighted by Crippen LogP contribution is 2.37. The van der Waals surface area contributed by atoms with Gasteiger partial charge in [-0.15, -0.1) is 11.8 Å². The maximum absolute atomic E-state index is 12.7. The Morgan fingerprint density at radius 1 is 0.818 bits per heavy atom. The molecule has 2 amide bonds. The van der Waals surface area contributed by atoms with Gasteiger partial charge in [0, 0.05) is 22.6 Å². The van der Waals surface area contributed by atoms with E-state index in [0.717, 1.165) is 4.90 Å². The second-order valence-electron chi connectivity index (χ2n) is 7.18. The van der Waals surface area contributed by atoms with Crippen molar-refractivity contribution < 1.29 is 19.1 Å². The molecule has 0 bridgehead atoms. The van der Waals surface area contributed by atoms with Crippen LogP contribution >= 0.6 is 11.8 Å². The molecule has 0 fully saturated rings. The zero-order valence-electron chi connectivity index (χ0n) is 19.0. The number of benzene rings is 3. The minimum Gasteiger partial charge on any atom is -0.492 e. The zero-order chi connectivity index (χ0) is 23.6. The number of rotatable bonds is 10. The average Bonchev–Trinajstić information content (AvgIpc) is 2.82. The first-order valence-electron chi connectivity index (χ1n) is 10.8. The topological polar surface area (TPSA) is 76.7 Å². The van der Waals surface area contributed by atoms with Crippen LogP contribution in [0.25, 0.3) is 0 Å². The van der Waals surface area contributed by atoms with Crippen molar-refractivity contribution in [1.29, 1.82) is 0 Å². The molecule has 3 rings (SSSR count). The predicted octanol–water partition coefficient (Wildman–Crippen LogP) is 5.78. The van der Waals surface area contributed by atoms with Crippen molar-refractivity contribution in [1.82, 2.24) is 0 Å². The van der Waals surface area contributed by atoms with E-state index < -0.39 is 0 Å². The number of amides is 2. The van der Waals surface area contributed by atoms with Gasteiger partial charge in [0.1, 0.15) is 11.5 Å². The first kappa shape index (κ1) is 24.2. The van der Waals surface area contributed by atoms with Crippen LogP contribution in [0.15, 0.2) is 71.6 Å². The van der Waals surface area contributed by atoms with Crippen LogP contribution in [0.4, 0.5) is 11.4 Å². The summed E-state index contributed by atoms with van der Waals surface area (Å²) in [5, 5.41) is 5.79. The molecule has 33 heavy (non-hydrogen) atoms. The number of ether oxygens (including phenoxy) is 2. The predicted molar refractivity (Wildman–Crippen MR) is 134 cm³/mol. The second-order valence-corrected chi connectivity index (χ2v) is 8.23. The maximum atomic E-state index is 12.7. The third-order valence-corrected chi connectivity index (χ3v) is 5.64. The van der Waals surface area contributed by atoms with E-state index in [-0.39, 0.29) is 17.6 Å². The Morgan fingerprint density at radius 2 is 1.39 bits per heavy atom. The molecule has 0 saturated heterocycles. The number of anilines is 2. The van der Waals surface area contributed by atoms with Gasteiger partial charge in [0.15, 0.2) is 0 Å². The molecule has 0 saturated carbocycles. The smallest absolute Gasteiger partial charge is 0.255 e. The minimum atomic E-state index is -0.259. The number of hydrogen-bond acceptors (Lipinski definition) is 5. The lowest BCUT2D eigenvalue weighted by Gasteiger charge is -2.18. The Labute approximate surface area is 198 Å². The zero-order valence-corrected chi connectivity index (χ0v) is 19.8. The Kier molecular flexibility index (Phi) is 8.78. The fourth-order valence-electron chi connectivity index (χ4n) is 3.06. The lowest BCUT2D eigenvalue weighted by atomic mass is 10.2. The van der Waals surface area contributed by atoms with Crippen LogP contribution < -0.4 is 20.1 Å². The van der Waals surface area contributed by atoms with Gasteiger partial charge >= 0.3 is 0 Å². The van der Waals surface area contributed by atoms with Crippen molar-refractivity contribution >= 4 is 35.0 Å². The summed E-state index contributed by atoms with van der Waals surface area (Å²) in [7, 11) is 0. The largest absolute Gasteiger partial charge is 0.492 e. The highest BCUT2D eigenvalue weighted by Gasteiger charge is 2.17. The molecule has 6 nitrogen and oxygen atoms in total. The standard InChI is InChI=1S/C26H28N2O4S/c1-4-31-23-16-22(28-26(30)19-9-7-6-8-10-19)24(32-5-2)15-21(23)27-25(29)17-33-20-13-11-18(3)12-14-20/h6-16H,4-5,17H2,1-3H3,(H,27,29)(H,28,30). The summed E-state index contributed by atoms with van der Waals surface area (Å²) in [6.07, 6.45) is 0. The summed E-state index contributed by atoms with van der Waals surface area (Å²) in [6, 6.07) is 20.3. The van der Waals surface area contributed by atoms with E-state index in [1.807, 2.05) is 51.1 Å². The quantitative estimate of drug-likeness (QED) is 0.372. The molecule has 0 aliphatic rings. The van der Waals surface area contributed by atoms with Crippen molar-refractivity contribution in [3.05, 3.63) is 77.9 Å². The highest BCUT2D eigenvalue weighted by molar-refractivity contribution is 8.00. The number of nitrogens with one attached hydrogen (secondary N) is 2. The number of thioether (sulfide) groups is 1. The average molecular weight is 465 g/mol. The van der Waals surface area contributed by atoms with Gasteiger partial charge < -0.3 is 20.1 Å². The Bertz CT molecular complexity index is 1090. The van der Waals surface area contributed by atoms with Crippen LogP contribution in [-0.4, -0.2) is 30.8 Å². The Morgan fingerprint density at radius 3 is 1.97 bits per heavy atom. The van der Waals surface area contributed by atoms with E-state index in [2.05, 4.69) is 10.6 Å². The van der Waals surface area contributed by atoms with Gasteiger partial charge in [-0.25, -0.2) is 0 Å². The fraction of sp³-hybridized carbons (Fsp3) is 0.231. The fourth-order valence-corrected chi connectivity index (χ4v) is 3.76. The molecule has 3 aromatic carbocycles. The molecule has 0 spiro atoms. The van der Waals surface area contributed by atoms with E-state index in [0.29, 0.717) is 41.7 Å². The first-order chi connectivity index (χ1) is 16.0. The van der Waals surface area contributed by atoms with Crippen molar-refractivity contribution in [3.8, 4) is 11.5 Å². The van der Waals surface area contributed by atoms with Crippen molar-refractivity contribution in [2.45, 2.75) is 25.7 Å². The van der Waals surface area contributed by atoms with Crippen LogP contribution in [-0.2, 0) is 4.79 Å². The minimum absolute atomic E-state index is 0.162. The molecule has 0 aliphatic carbocycles. The van der Waals surface area contributed by atoms with E-state index in [9.17, 15) is 9.59 Å². The Balaban J connectivity index is 1.78. The van der Waals surface area contributed by atoms with Gasteiger partial charge in [0.05, 0.1) is 30.3 Å². The Hall–Kier alpha value is -3.45. The van der Waals surface area contributed by atoms with Gasteiger partial charge in [-0.2, -0.15) is 0 Å². The molecule has 0 radical (unpaired) electrons. The molecule has 0 heterocycles. The third kappa shape index (κ3) is 7.02. The van der Waals surface area contributed by atoms with Crippen LogP contribution in [0.1, 0.15) is 29.8 Å². The summed E-state index contributed by atoms with van der Waals surface area (Å²) in [6.45, 7) is 6.55. The van der Waals surface area contributed by atoms with Gasteiger partial charge in [-0.05, 0) is 45.0 Å². The van der Waals surface area contributed by atoms with Crippen LogP contribution in [0.5, 0.6) is 11.5 Å². The molecule has 0 atom stereocenters. The number of carbonyl (C=O) groups is 2. The van der Waals surface area contributed by atoms with Crippen LogP contribution in [0, 0.1) is 6.92 Å². The van der Waals surface area contributed by atoms with E-state index in [4.69, 9.17) is 9.47 Å². The van der Waals surface area contributed by atoms with Crippen molar-refractivity contribution in [2.24, 2.45) is 0 Å². The van der Waals surface area contributed by atoms with Gasteiger partial charge in [0.25, 0.3) is 5.91 Å². The molecule has 172 valence electrons. The molecule has 7 heteroatoms.